The summed E-state index contributed by atoms with van der Waals surface area (Å²) in [5.41, 5.74) is 0.512. The molecule has 8 heteroatoms. The molecule has 0 saturated carbocycles. The Balaban J connectivity index is 1.70. The topological polar surface area (TPSA) is 105 Å². The van der Waals surface area contributed by atoms with Crippen molar-refractivity contribution in [3.8, 4) is 16.9 Å². The molecule has 33 heavy (non-hydrogen) atoms. The third-order valence-corrected chi connectivity index (χ3v) is 4.82. The highest BCUT2D eigenvalue weighted by molar-refractivity contribution is 5.97. The van der Waals surface area contributed by atoms with Crippen LogP contribution in [0.4, 0.5) is 0 Å². The minimum absolute atomic E-state index is 0.0273. The van der Waals surface area contributed by atoms with Gasteiger partial charge in [-0.15, -0.1) is 0 Å². The van der Waals surface area contributed by atoms with Crippen LogP contribution in [-0.4, -0.2) is 25.7 Å². The fourth-order valence-corrected chi connectivity index (χ4v) is 3.29. The first kappa shape index (κ1) is 21.9. The van der Waals surface area contributed by atoms with Crippen LogP contribution in [0, 0.1) is 0 Å². The van der Waals surface area contributed by atoms with Crippen LogP contribution in [0.1, 0.15) is 33.8 Å². The van der Waals surface area contributed by atoms with E-state index < -0.39 is 11.9 Å². The molecule has 2 heterocycles. The Morgan fingerprint density at radius 1 is 0.939 bits per heavy atom. The van der Waals surface area contributed by atoms with E-state index in [0.29, 0.717) is 22.5 Å². The van der Waals surface area contributed by atoms with E-state index in [1.165, 1.54) is 19.2 Å². The van der Waals surface area contributed by atoms with Crippen LogP contribution in [0.3, 0.4) is 0 Å². The lowest BCUT2D eigenvalue weighted by Gasteiger charge is -2.11. The molecule has 0 spiro atoms. The fraction of sp³-hybridized carbons (Fsp3) is 0.160. The predicted octanol–water partition coefficient (Wildman–Crippen LogP) is 4.60. The number of methoxy groups -OCH3 is 1. The van der Waals surface area contributed by atoms with Crippen molar-refractivity contribution in [2.24, 2.45) is 0 Å². The van der Waals surface area contributed by atoms with Crippen LogP contribution in [0.15, 0.2) is 74.3 Å². The number of carbonyl (C=O) groups is 2. The van der Waals surface area contributed by atoms with Crippen molar-refractivity contribution in [3.05, 3.63) is 88.2 Å². The Labute approximate surface area is 188 Å². The van der Waals surface area contributed by atoms with Crippen molar-refractivity contribution >= 4 is 22.9 Å². The number of benzene rings is 2. The Morgan fingerprint density at radius 2 is 1.73 bits per heavy atom. The van der Waals surface area contributed by atoms with Gasteiger partial charge in [-0.25, -0.2) is 9.59 Å². The van der Waals surface area contributed by atoms with E-state index in [9.17, 15) is 14.4 Å². The molecular formula is C25H20O8. The highest BCUT2D eigenvalue weighted by Crippen LogP contribution is 2.28. The molecule has 4 aromatic rings. The molecule has 0 bridgehead atoms. The van der Waals surface area contributed by atoms with Crippen LogP contribution < -0.4 is 10.2 Å². The summed E-state index contributed by atoms with van der Waals surface area (Å²) in [6, 6.07) is 16.6. The number of furan rings is 1. The smallest absolute Gasteiger partial charge is 0.375 e. The van der Waals surface area contributed by atoms with Gasteiger partial charge in [-0.2, -0.15) is 0 Å². The largest absolute Gasteiger partial charge is 0.486 e. The molecule has 0 aliphatic rings. The summed E-state index contributed by atoms with van der Waals surface area (Å²) in [6.45, 7) is 1.83. The molecule has 0 aliphatic carbocycles. The van der Waals surface area contributed by atoms with Crippen LogP contribution in [0.2, 0.25) is 0 Å². The van der Waals surface area contributed by atoms with Gasteiger partial charge in [0.05, 0.1) is 24.7 Å². The monoisotopic (exact) mass is 448 g/mol. The van der Waals surface area contributed by atoms with Gasteiger partial charge in [0.2, 0.25) is 16.9 Å². The maximum atomic E-state index is 13.3. The fourth-order valence-electron chi connectivity index (χ4n) is 3.29. The van der Waals surface area contributed by atoms with E-state index >= 15 is 0 Å². The summed E-state index contributed by atoms with van der Waals surface area (Å²) < 4.78 is 26.6. The molecule has 0 saturated heterocycles. The molecule has 0 aliphatic heterocycles. The number of hydrogen-bond acceptors (Lipinski definition) is 8. The van der Waals surface area contributed by atoms with Crippen molar-refractivity contribution < 1.29 is 32.6 Å². The van der Waals surface area contributed by atoms with E-state index in [2.05, 4.69) is 4.74 Å². The van der Waals surface area contributed by atoms with Gasteiger partial charge >= 0.3 is 11.9 Å². The maximum Gasteiger partial charge on any atom is 0.375 e. The van der Waals surface area contributed by atoms with Gasteiger partial charge < -0.3 is 23.0 Å². The van der Waals surface area contributed by atoms with E-state index in [1.54, 1.807) is 49.4 Å². The van der Waals surface area contributed by atoms with Crippen molar-refractivity contribution in [1.82, 2.24) is 0 Å². The predicted molar refractivity (Wildman–Crippen MR) is 118 cm³/mol. The van der Waals surface area contributed by atoms with Crippen LogP contribution in [-0.2, 0) is 16.1 Å². The second-order valence-corrected chi connectivity index (χ2v) is 6.93. The number of hydrogen-bond donors (Lipinski definition) is 0. The lowest BCUT2D eigenvalue weighted by molar-refractivity contribution is 0.0491. The first-order chi connectivity index (χ1) is 16.0. The summed E-state index contributed by atoms with van der Waals surface area (Å²) in [4.78, 5) is 37.4. The van der Waals surface area contributed by atoms with Gasteiger partial charge in [-0.1, -0.05) is 30.3 Å². The second-order valence-electron chi connectivity index (χ2n) is 6.93. The summed E-state index contributed by atoms with van der Waals surface area (Å²) in [5, 5.41) is 0.292. The summed E-state index contributed by atoms with van der Waals surface area (Å²) in [7, 11) is 1.26. The van der Waals surface area contributed by atoms with Crippen molar-refractivity contribution in [1.29, 1.82) is 0 Å². The van der Waals surface area contributed by atoms with Crippen LogP contribution in [0.5, 0.6) is 5.75 Å². The summed E-state index contributed by atoms with van der Waals surface area (Å²) >= 11 is 0. The quantitative estimate of drug-likeness (QED) is 0.378. The Bertz CT molecular complexity index is 1360. The molecule has 0 amide bonds. The normalized spacial score (nSPS) is 10.7. The first-order valence-corrected chi connectivity index (χ1v) is 10.1. The molecule has 8 nitrogen and oxygen atoms in total. The third-order valence-electron chi connectivity index (χ3n) is 4.82. The summed E-state index contributed by atoms with van der Waals surface area (Å²) in [6.07, 6.45) is 0. The lowest BCUT2D eigenvalue weighted by atomic mass is 10.0. The third kappa shape index (κ3) is 4.50. The summed E-state index contributed by atoms with van der Waals surface area (Å²) in [5.74, 6) is -0.644. The minimum atomic E-state index is -0.729. The molecule has 2 aromatic carbocycles. The first-order valence-electron chi connectivity index (χ1n) is 10.1. The molecule has 0 N–H and O–H groups in total. The average molecular weight is 448 g/mol. The molecule has 0 atom stereocenters. The Hall–Kier alpha value is -4.33. The van der Waals surface area contributed by atoms with Crippen molar-refractivity contribution in [2.75, 3.05) is 13.7 Å². The van der Waals surface area contributed by atoms with E-state index in [0.717, 1.165) is 0 Å². The zero-order valence-electron chi connectivity index (χ0n) is 18.0. The number of rotatable bonds is 7. The molecule has 0 fully saturated rings. The van der Waals surface area contributed by atoms with E-state index in [1.807, 2.05) is 6.07 Å². The number of esters is 2. The van der Waals surface area contributed by atoms with Crippen LogP contribution >= 0.6 is 0 Å². The zero-order valence-corrected chi connectivity index (χ0v) is 18.0. The SMILES string of the molecule is CCOC(=O)c1oc2cc(OCc3ccc(C(=O)OC)o3)ccc2c(=O)c1-c1ccccc1. The molecule has 0 unspecified atom stereocenters. The maximum absolute atomic E-state index is 13.3. The molecule has 0 radical (unpaired) electrons. The second kappa shape index (κ2) is 9.44. The number of carbonyl (C=O) groups excluding carboxylic acids is 2. The number of ether oxygens (including phenoxy) is 3. The molecule has 2 aromatic heterocycles. The van der Waals surface area contributed by atoms with Gasteiger partial charge in [0, 0.05) is 6.07 Å². The standard InChI is InChI=1S/C25H20O8/c1-3-30-25(28)23-21(15-7-5-4-6-8-15)22(26)18-11-9-16(13-20(18)33-23)31-14-17-10-12-19(32-17)24(27)29-2/h4-13H,3,14H2,1-2H3. The minimum Gasteiger partial charge on any atom is -0.486 e. The van der Waals surface area contributed by atoms with Crippen molar-refractivity contribution in [3.63, 3.8) is 0 Å². The average Bonchev–Trinajstić information content (AvgIpc) is 3.32. The van der Waals surface area contributed by atoms with Crippen molar-refractivity contribution in [2.45, 2.75) is 13.5 Å². The van der Waals surface area contributed by atoms with Gasteiger partial charge in [-0.05, 0) is 36.8 Å². The Kier molecular flexibility index (Phi) is 6.26. The van der Waals surface area contributed by atoms with Gasteiger partial charge in [0.25, 0.3) is 0 Å². The number of fused-ring (bicyclic) bond motifs is 1. The van der Waals surface area contributed by atoms with Gasteiger partial charge in [-0.3, -0.25) is 4.79 Å². The molecule has 4 rings (SSSR count). The highest BCUT2D eigenvalue weighted by atomic mass is 16.5. The molecule has 168 valence electrons. The van der Waals surface area contributed by atoms with E-state index in [-0.39, 0.29) is 41.3 Å². The van der Waals surface area contributed by atoms with Crippen LogP contribution in [0.25, 0.3) is 22.1 Å². The van der Waals surface area contributed by atoms with E-state index in [4.69, 9.17) is 18.3 Å². The van der Waals surface area contributed by atoms with Gasteiger partial charge in [0.15, 0.2) is 0 Å². The zero-order chi connectivity index (χ0) is 23.4. The molecular weight excluding hydrogens is 428 g/mol. The van der Waals surface area contributed by atoms with Gasteiger partial charge in [0.1, 0.15) is 23.7 Å². The Morgan fingerprint density at radius 3 is 2.45 bits per heavy atom. The lowest BCUT2D eigenvalue weighted by Crippen LogP contribution is -2.15. The highest BCUT2D eigenvalue weighted by Gasteiger charge is 2.23.